The fraction of sp³-hybridized carbons (Fsp3) is 1.00. The van der Waals surface area contributed by atoms with E-state index in [9.17, 15) is 0 Å². The Hall–Kier alpha value is -0.0800. The van der Waals surface area contributed by atoms with Crippen molar-refractivity contribution in [3.05, 3.63) is 0 Å². The second-order valence-electron chi connectivity index (χ2n) is 6.73. The molecule has 2 rings (SSSR count). The van der Waals surface area contributed by atoms with Gasteiger partial charge in [-0.15, -0.1) is 0 Å². The standard InChI is InChI=1S/C5H11N.C4H9N.2C4H10/c1-2-4-6-5-3-1;1-2-4-5-3-1;2*1-4(2)3/h6H,1-5H2;5H,1-4H2;2*4H,1-3H3. The molecular formula is C17H40N2. The Balaban J connectivity index is 0. The summed E-state index contributed by atoms with van der Waals surface area (Å²) in [7, 11) is 0. The molecular weight excluding hydrogens is 232 g/mol. The number of hydrogen-bond donors (Lipinski definition) is 2. The molecule has 2 nitrogen and oxygen atoms in total. The van der Waals surface area contributed by atoms with Gasteiger partial charge in [0.25, 0.3) is 0 Å². The Bertz CT molecular complexity index is 106. The van der Waals surface area contributed by atoms with Gasteiger partial charge in [-0.05, 0) is 63.7 Å². The van der Waals surface area contributed by atoms with E-state index in [1.165, 1.54) is 58.3 Å². The van der Waals surface area contributed by atoms with Crippen molar-refractivity contribution in [2.75, 3.05) is 26.2 Å². The Kier molecular flexibility index (Phi) is 20.0. The first-order valence-electron chi connectivity index (χ1n) is 8.38. The van der Waals surface area contributed by atoms with Gasteiger partial charge < -0.3 is 10.6 Å². The fourth-order valence-corrected chi connectivity index (χ4v) is 1.43. The van der Waals surface area contributed by atoms with Crippen LogP contribution >= 0.6 is 0 Å². The molecule has 0 unspecified atom stereocenters. The second-order valence-corrected chi connectivity index (χ2v) is 6.73. The first-order chi connectivity index (χ1) is 8.96. The summed E-state index contributed by atoms with van der Waals surface area (Å²) in [5.41, 5.74) is 0. The van der Waals surface area contributed by atoms with Gasteiger partial charge >= 0.3 is 0 Å². The molecule has 0 saturated carbocycles. The summed E-state index contributed by atoms with van der Waals surface area (Å²) < 4.78 is 0. The van der Waals surface area contributed by atoms with Gasteiger partial charge in [-0.1, -0.05) is 48.0 Å². The molecule has 2 heteroatoms. The van der Waals surface area contributed by atoms with Gasteiger partial charge in [0, 0.05) is 0 Å². The van der Waals surface area contributed by atoms with Crippen molar-refractivity contribution in [1.82, 2.24) is 10.6 Å². The lowest BCUT2D eigenvalue weighted by molar-refractivity contribution is 0.520. The monoisotopic (exact) mass is 272 g/mol. The van der Waals surface area contributed by atoms with Crippen LogP contribution in [0.15, 0.2) is 0 Å². The molecule has 0 amide bonds. The van der Waals surface area contributed by atoms with E-state index >= 15 is 0 Å². The summed E-state index contributed by atoms with van der Waals surface area (Å²) in [4.78, 5) is 0. The maximum absolute atomic E-state index is 3.28. The normalized spacial score (nSPS) is 17.7. The van der Waals surface area contributed by atoms with E-state index in [1.54, 1.807) is 0 Å². The van der Waals surface area contributed by atoms with Crippen LogP contribution in [0.3, 0.4) is 0 Å². The molecule has 0 aliphatic carbocycles. The van der Waals surface area contributed by atoms with E-state index in [0.717, 1.165) is 11.8 Å². The van der Waals surface area contributed by atoms with Gasteiger partial charge in [0.05, 0.1) is 0 Å². The van der Waals surface area contributed by atoms with Gasteiger partial charge in [0.1, 0.15) is 0 Å². The van der Waals surface area contributed by atoms with Crippen LogP contribution in [0.1, 0.15) is 73.6 Å². The van der Waals surface area contributed by atoms with Crippen LogP contribution in [0.4, 0.5) is 0 Å². The minimum atomic E-state index is 0.833. The van der Waals surface area contributed by atoms with Crippen molar-refractivity contribution in [3.8, 4) is 0 Å². The van der Waals surface area contributed by atoms with Crippen molar-refractivity contribution < 1.29 is 0 Å². The summed E-state index contributed by atoms with van der Waals surface area (Å²) in [5, 5.41) is 6.51. The molecule has 0 aromatic heterocycles. The zero-order chi connectivity index (χ0) is 14.9. The Morgan fingerprint density at radius 1 is 0.474 bits per heavy atom. The van der Waals surface area contributed by atoms with Gasteiger partial charge in [-0.25, -0.2) is 0 Å². The predicted octanol–water partition coefficient (Wildman–Crippen LogP) is 4.45. The van der Waals surface area contributed by atoms with Gasteiger partial charge in [-0.3, -0.25) is 0 Å². The van der Waals surface area contributed by atoms with Crippen LogP contribution in [0.2, 0.25) is 0 Å². The Morgan fingerprint density at radius 3 is 0.789 bits per heavy atom. The predicted molar refractivity (Wildman–Crippen MR) is 89.8 cm³/mol. The highest BCUT2D eigenvalue weighted by atomic mass is 14.9. The maximum Gasteiger partial charge on any atom is -0.00484 e. The third-order valence-corrected chi connectivity index (χ3v) is 2.16. The lowest BCUT2D eigenvalue weighted by atomic mass is 10.2. The third kappa shape index (κ3) is 38.1. The molecule has 19 heavy (non-hydrogen) atoms. The van der Waals surface area contributed by atoms with Crippen molar-refractivity contribution >= 4 is 0 Å². The molecule has 2 aliphatic rings. The molecule has 2 heterocycles. The molecule has 2 fully saturated rings. The molecule has 0 aromatic rings. The van der Waals surface area contributed by atoms with E-state index in [-0.39, 0.29) is 0 Å². The largest absolute Gasteiger partial charge is 0.317 e. The quantitative estimate of drug-likeness (QED) is 0.680. The lowest BCUT2D eigenvalue weighted by Gasteiger charge is -2.08. The van der Waals surface area contributed by atoms with Gasteiger partial charge in [0.2, 0.25) is 0 Å². The minimum absolute atomic E-state index is 0.833. The molecule has 118 valence electrons. The lowest BCUT2D eigenvalue weighted by Crippen LogP contribution is -2.21. The van der Waals surface area contributed by atoms with Crippen LogP contribution in [-0.4, -0.2) is 26.2 Å². The summed E-state index contributed by atoms with van der Waals surface area (Å²) in [6, 6.07) is 0. The van der Waals surface area contributed by atoms with Crippen molar-refractivity contribution in [2.45, 2.75) is 73.6 Å². The first-order valence-corrected chi connectivity index (χ1v) is 8.38. The Morgan fingerprint density at radius 2 is 0.684 bits per heavy atom. The van der Waals surface area contributed by atoms with Crippen LogP contribution in [-0.2, 0) is 0 Å². The number of piperidine rings is 1. The number of nitrogens with one attached hydrogen (secondary N) is 2. The average molecular weight is 273 g/mol. The number of rotatable bonds is 0. The molecule has 0 bridgehead atoms. The third-order valence-electron chi connectivity index (χ3n) is 2.16. The summed E-state index contributed by atoms with van der Waals surface area (Å²) >= 11 is 0. The molecule has 0 atom stereocenters. The van der Waals surface area contributed by atoms with Crippen LogP contribution in [0.5, 0.6) is 0 Å². The second kappa shape index (κ2) is 17.9. The molecule has 0 radical (unpaired) electrons. The molecule has 2 saturated heterocycles. The van der Waals surface area contributed by atoms with Crippen LogP contribution in [0, 0.1) is 11.8 Å². The van der Waals surface area contributed by atoms with Gasteiger partial charge in [-0.2, -0.15) is 0 Å². The first kappa shape index (κ1) is 21.2. The maximum atomic E-state index is 3.28. The minimum Gasteiger partial charge on any atom is -0.317 e. The summed E-state index contributed by atoms with van der Waals surface area (Å²) in [5.74, 6) is 1.67. The van der Waals surface area contributed by atoms with Crippen LogP contribution < -0.4 is 10.6 Å². The zero-order valence-electron chi connectivity index (χ0n) is 14.5. The van der Waals surface area contributed by atoms with E-state index in [2.05, 4.69) is 52.2 Å². The molecule has 0 aromatic carbocycles. The average Bonchev–Trinajstić information content (AvgIpc) is 2.88. The van der Waals surface area contributed by atoms with Crippen molar-refractivity contribution in [1.29, 1.82) is 0 Å². The highest BCUT2D eigenvalue weighted by Crippen LogP contribution is 1.96. The molecule has 0 spiro atoms. The van der Waals surface area contributed by atoms with E-state index in [4.69, 9.17) is 0 Å². The topological polar surface area (TPSA) is 24.1 Å². The van der Waals surface area contributed by atoms with E-state index in [1.807, 2.05) is 0 Å². The zero-order valence-corrected chi connectivity index (χ0v) is 14.5. The Labute approximate surface area is 123 Å². The summed E-state index contributed by atoms with van der Waals surface area (Å²) in [6.45, 7) is 18.0. The van der Waals surface area contributed by atoms with Crippen molar-refractivity contribution in [2.24, 2.45) is 11.8 Å². The SMILES string of the molecule is C1CCNC1.C1CCNCC1.CC(C)C.CC(C)C. The molecule has 2 N–H and O–H groups in total. The number of hydrogen-bond acceptors (Lipinski definition) is 2. The molecule has 2 aliphatic heterocycles. The summed E-state index contributed by atoms with van der Waals surface area (Å²) in [6.07, 6.45) is 6.99. The van der Waals surface area contributed by atoms with Crippen LogP contribution in [0.25, 0.3) is 0 Å². The highest BCUT2D eigenvalue weighted by Gasteiger charge is 1.94. The highest BCUT2D eigenvalue weighted by molar-refractivity contribution is 4.56. The van der Waals surface area contributed by atoms with E-state index < -0.39 is 0 Å². The smallest absolute Gasteiger partial charge is 0.00484 e. The fourth-order valence-electron chi connectivity index (χ4n) is 1.43. The van der Waals surface area contributed by atoms with Gasteiger partial charge in [0.15, 0.2) is 0 Å². The van der Waals surface area contributed by atoms with E-state index in [0.29, 0.717) is 0 Å². The van der Waals surface area contributed by atoms with Crippen molar-refractivity contribution in [3.63, 3.8) is 0 Å².